The van der Waals surface area contributed by atoms with Crippen molar-refractivity contribution in [3.63, 3.8) is 0 Å². The topological polar surface area (TPSA) is 29.3 Å². The fourth-order valence-corrected chi connectivity index (χ4v) is 4.28. The highest BCUT2D eigenvalue weighted by atomic mass is 15.2. The van der Waals surface area contributed by atoms with E-state index in [0.717, 1.165) is 5.92 Å². The van der Waals surface area contributed by atoms with Crippen molar-refractivity contribution in [3.05, 3.63) is 35.4 Å². The molecule has 3 rings (SSSR count). The molecular weight excluding hydrogens is 256 g/mol. The van der Waals surface area contributed by atoms with E-state index >= 15 is 0 Å². The first-order chi connectivity index (χ1) is 9.88. The van der Waals surface area contributed by atoms with Crippen LogP contribution in [0.1, 0.15) is 63.6 Å². The molecule has 0 amide bonds. The van der Waals surface area contributed by atoms with Crippen LogP contribution in [0, 0.1) is 11.3 Å². The van der Waals surface area contributed by atoms with Gasteiger partial charge in [0.25, 0.3) is 0 Å². The monoisotopic (exact) mass is 286 g/mol. The van der Waals surface area contributed by atoms with Gasteiger partial charge in [-0.1, -0.05) is 52.0 Å². The van der Waals surface area contributed by atoms with E-state index in [2.05, 4.69) is 56.9 Å². The maximum Gasteiger partial charge on any atom is 0.0456 e. The van der Waals surface area contributed by atoms with E-state index in [1.165, 1.54) is 37.1 Å². The summed E-state index contributed by atoms with van der Waals surface area (Å²) in [5, 5.41) is 0. The maximum atomic E-state index is 6.65. The third-order valence-corrected chi connectivity index (χ3v) is 5.81. The molecule has 1 aliphatic carbocycles. The van der Waals surface area contributed by atoms with Gasteiger partial charge in [0.2, 0.25) is 0 Å². The molecule has 21 heavy (non-hydrogen) atoms. The van der Waals surface area contributed by atoms with Crippen LogP contribution in [0.5, 0.6) is 0 Å². The Kier molecular flexibility index (Phi) is 3.87. The molecule has 2 nitrogen and oxygen atoms in total. The summed E-state index contributed by atoms with van der Waals surface area (Å²) < 4.78 is 0. The van der Waals surface area contributed by atoms with E-state index in [-0.39, 0.29) is 6.04 Å². The number of fused-ring (bicyclic) bond motifs is 1. The summed E-state index contributed by atoms with van der Waals surface area (Å²) in [6.45, 7) is 11.9. The molecule has 1 aromatic carbocycles. The Morgan fingerprint density at radius 2 is 1.81 bits per heavy atom. The lowest BCUT2D eigenvalue weighted by Crippen LogP contribution is -2.45. The van der Waals surface area contributed by atoms with E-state index in [1.54, 1.807) is 0 Å². The first-order valence-corrected chi connectivity index (χ1v) is 8.46. The highest BCUT2D eigenvalue weighted by Gasteiger charge is 2.39. The molecule has 0 aromatic heterocycles. The van der Waals surface area contributed by atoms with Gasteiger partial charge in [0.15, 0.2) is 0 Å². The average Bonchev–Trinajstić information content (AvgIpc) is 2.92. The van der Waals surface area contributed by atoms with Gasteiger partial charge in [-0.25, -0.2) is 0 Å². The largest absolute Gasteiger partial charge is 0.323 e. The predicted molar refractivity (Wildman–Crippen MR) is 89.3 cm³/mol. The Balaban J connectivity index is 1.79. The van der Waals surface area contributed by atoms with Gasteiger partial charge in [-0.3, -0.25) is 4.90 Å². The first kappa shape index (κ1) is 15.1. The molecule has 0 bridgehead atoms. The second-order valence-corrected chi connectivity index (χ2v) is 8.21. The Morgan fingerprint density at radius 3 is 2.43 bits per heavy atom. The lowest BCUT2D eigenvalue weighted by molar-refractivity contribution is 0.156. The third kappa shape index (κ3) is 2.76. The Hall–Kier alpha value is -0.860. The molecule has 2 N–H and O–H groups in total. The van der Waals surface area contributed by atoms with Gasteiger partial charge in [-0.15, -0.1) is 0 Å². The van der Waals surface area contributed by atoms with Crippen molar-refractivity contribution < 1.29 is 0 Å². The molecule has 2 heteroatoms. The van der Waals surface area contributed by atoms with Crippen LogP contribution in [-0.2, 0) is 0 Å². The van der Waals surface area contributed by atoms with Gasteiger partial charge in [-0.2, -0.15) is 0 Å². The number of nitrogens with two attached hydrogens (primary N) is 1. The van der Waals surface area contributed by atoms with Crippen LogP contribution in [0.15, 0.2) is 24.3 Å². The number of hydrogen-bond donors (Lipinski definition) is 1. The average molecular weight is 286 g/mol. The van der Waals surface area contributed by atoms with Crippen molar-refractivity contribution >= 4 is 0 Å². The lowest BCUT2D eigenvalue weighted by atomic mass is 9.77. The Bertz CT molecular complexity index is 503. The minimum atomic E-state index is 0.177. The summed E-state index contributed by atoms with van der Waals surface area (Å²) in [6, 6.07) is 9.47. The number of nitrogens with zero attached hydrogens (tertiary/aromatic N) is 1. The van der Waals surface area contributed by atoms with Crippen LogP contribution < -0.4 is 5.73 Å². The number of rotatable bonds is 1. The highest BCUT2D eigenvalue weighted by molar-refractivity contribution is 5.36. The summed E-state index contributed by atoms with van der Waals surface area (Å²) in [4.78, 5) is 2.67. The first-order valence-electron chi connectivity index (χ1n) is 8.46. The van der Waals surface area contributed by atoms with Gasteiger partial charge in [-0.05, 0) is 47.8 Å². The van der Waals surface area contributed by atoms with Crippen LogP contribution in [-0.4, -0.2) is 24.0 Å². The summed E-state index contributed by atoms with van der Waals surface area (Å²) in [5.41, 5.74) is 9.90. The van der Waals surface area contributed by atoms with Crippen molar-refractivity contribution in [1.29, 1.82) is 0 Å². The van der Waals surface area contributed by atoms with Crippen LogP contribution in [0.2, 0.25) is 0 Å². The number of hydrogen-bond acceptors (Lipinski definition) is 2. The van der Waals surface area contributed by atoms with Crippen LogP contribution in [0.4, 0.5) is 0 Å². The lowest BCUT2D eigenvalue weighted by Gasteiger charge is -2.40. The summed E-state index contributed by atoms with van der Waals surface area (Å²) in [6.07, 6.45) is 2.53. The summed E-state index contributed by atoms with van der Waals surface area (Å²) in [7, 11) is 0. The third-order valence-electron chi connectivity index (χ3n) is 5.81. The molecule has 0 spiro atoms. The standard InChI is InChI=1S/C19H30N2/c1-13-11-17(18(20)16-8-6-5-7-15(13)16)21-10-9-14(12-21)19(2,3)4/h5-8,13-14,17-18H,9-12,20H2,1-4H3. The van der Waals surface area contributed by atoms with Crippen LogP contribution >= 0.6 is 0 Å². The second kappa shape index (κ2) is 5.40. The van der Waals surface area contributed by atoms with Gasteiger partial charge < -0.3 is 5.73 Å². The molecule has 1 aliphatic heterocycles. The van der Waals surface area contributed by atoms with Crippen molar-refractivity contribution in [2.45, 2.75) is 58.5 Å². The minimum Gasteiger partial charge on any atom is -0.323 e. The molecule has 116 valence electrons. The smallest absolute Gasteiger partial charge is 0.0456 e. The van der Waals surface area contributed by atoms with Crippen LogP contribution in [0.3, 0.4) is 0 Å². The fourth-order valence-electron chi connectivity index (χ4n) is 4.28. The second-order valence-electron chi connectivity index (χ2n) is 8.21. The predicted octanol–water partition coefficient (Wildman–Crippen LogP) is 3.93. The molecule has 1 fully saturated rings. The molecule has 0 radical (unpaired) electrons. The molecule has 4 atom stereocenters. The zero-order valence-corrected chi connectivity index (χ0v) is 14.0. The Labute approximate surface area is 129 Å². The summed E-state index contributed by atoms with van der Waals surface area (Å²) >= 11 is 0. The van der Waals surface area contributed by atoms with Gasteiger partial charge in [0.05, 0.1) is 0 Å². The number of benzene rings is 1. The van der Waals surface area contributed by atoms with Gasteiger partial charge in [0.1, 0.15) is 0 Å². The SMILES string of the molecule is CC1CC(N2CCC(C(C)(C)C)C2)C(N)c2ccccc21. The maximum absolute atomic E-state index is 6.65. The van der Waals surface area contributed by atoms with Crippen molar-refractivity contribution in [2.24, 2.45) is 17.1 Å². The quantitative estimate of drug-likeness (QED) is 0.847. The van der Waals surface area contributed by atoms with Crippen molar-refractivity contribution in [3.8, 4) is 0 Å². The minimum absolute atomic E-state index is 0.177. The molecule has 1 aromatic rings. The number of likely N-dealkylation sites (tertiary alicyclic amines) is 1. The molecule has 0 saturated carbocycles. The van der Waals surface area contributed by atoms with E-state index in [9.17, 15) is 0 Å². The van der Waals surface area contributed by atoms with E-state index in [0.29, 0.717) is 17.4 Å². The van der Waals surface area contributed by atoms with Gasteiger partial charge in [0, 0.05) is 18.6 Å². The molecule has 1 saturated heterocycles. The zero-order chi connectivity index (χ0) is 15.2. The Morgan fingerprint density at radius 1 is 1.14 bits per heavy atom. The summed E-state index contributed by atoms with van der Waals surface area (Å²) in [5.74, 6) is 1.43. The molecule has 1 heterocycles. The van der Waals surface area contributed by atoms with E-state index < -0.39 is 0 Å². The molecule has 4 unspecified atom stereocenters. The van der Waals surface area contributed by atoms with Crippen LogP contribution in [0.25, 0.3) is 0 Å². The fraction of sp³-hybridized carbons (Fsp3) is 0.684. The molecular formula is C19H30N2. The zero-order valence-electron chi connectivity index (χ0n) is 14.0. The highest BCUT2D eigenvalue weighted by Crippen LogP contribution is 2.42. The van der Waals surface area contributed by atoms with E-state index in [1.807, 2.05) is 0 Å². The van der Waals surface area contributed by atoms with Crippen molar-refractivity contribution in [1.82, 2.24) is 4.90 Å². The normalized spacial score (nSPS) is 34.0. The van der Waals surface area contributed by atoms with E-state index in [4.69, 9.17) is 5.73 Å². The molecule has 2 aliphatic rings. The van der Waals surface area contributed by atoms with Gasteiger partial charge >= 0.3 is 0 Å². The van der Waals surface area contributed by atoms with Crippen molar-refractivity contribution in [2.75, 3.05) is 13.1 Å².